The molecule has 0 aromatic carbocycles. The van der Waals surface area contributed by atoms with Gasteiger partial charge in [0.2, 0.25) is 5.91 Å². The zero-order valence-corrected chi connectivity index (χ0v) is 16.0. The minimum absolute atomic E-state index is 0.122. The van der Waals surface area contributed by atoms with Gasteiger partial charge in [0, 0.05) is 58.5 Å². The van der Waals surface area contributed by atoms with Crippen molar-refractivity contribution >= 4 is 17.6 Å². The molecular weight excluding hydrogens is 328 g/mol. The van der Waals surface area contributed by atoms with Gasteiger partial charge in [-0.05, 0) is 50.2 Å². The second kappa shape index (κ2) is 8.52. The van der Waals surface area contributed by atoms with Gasteiger partial charge in [-0.3, -0.25) is 9.59 Å². The number of pyridine rings is 1. The second-order valence-corrected chi connectivity index (χ2v) is 7.68. The Labute approximate surface area is 156 Å². The fraction of sp³-hybridized carbons (Fsp3) is 0.650. The van der Waals surface area contributed by atoms with Crippen LogP contribution in [0.25, 0.3) is 0 Å². The number of rotatable bonds is 5. The molecule has 0 spiro atoms. The van der Waals surface area contributed by atoms with Gasteiger partial charge in [0.1, 0.15) is 5.82 Å². The van der Waals surface area contributed by atoms with E-state index in [-0.39, 0.29) is 11.8 Å². The van der Waals surface area contributed by atoms with Crippen molar-refractivity contribution in [2.45, 2.75) is 38.5 Å². The van der Waals surface area contributed by atoms with E-state index in [4.69, 9.17) is 0 Å². The van der Waals surface area contributed by atoms with Gasteiger partial charge in [0.15, 0.2) is 0 Å². The van der Waals surface area contributed by atoms with Crippen LogP contribution in [0.2, 0.25) is 0 Å². The molecule has 2 aliphatic rings. The van der Waals surface area contributed by atoms with Gasteiger partial charge >= 0.3 is 0 Å². The van der Waals surface area contributed by atoms with Gasteiger partial charge in [-0.2, -0.15) is 0 Å². The summed E-state index contributed by atoms with van der Waals surface area (Å²) in [5, 5.41) is 0. The topological polar surface area (TPSA) is 56.8 Å². The number of carbonyl (C=O) groups is 2. The number of amides is 2. The maximum Gasteiger partial charge on any atom is 0.254 e. The number of nitrogens with zero attached hydrogens (tertiary/aromatic N) is 4. The average molecular weight is 358 g/mol. The molecule has 0 bridgehead atoms. The van der Waals surface area contributed by atoms with Gasteiger partial charge in [-0.25, -0.2) is 4.98 Å². The average Bonchev–Trinajstić information content (AvgIpc) is 3.20. The summed E-state index contributed by atoms with van der Waals surface area (Å²) in [4.78, 5) is 34.8. The number of carbonyl (C=O) groups excluding carboxylic acids is 2. The maximum atomic E-state index is 12.6. The predicted octanol–water partition coefficient (Wildman–Crippen LogP) is 2.40. The molecule has 26 heavy (non-hydrogen) atoms. The third-order valence-electron chi connectivity index (χ3n) is 5.49. The number of hydrogen-bond acceptors (Lipinski definition) is 4. The number of hydrogen-bond donors (Lipinski definition) is 0. The quantitative estimate of drug-likeness (QED) is 0.811. The largest absolute Gasteiger partial charge is 0.356 e. The summed E-state index contributed by atoms with van der Waals surface area (Å²) < 4.78 is 0. The van der Waals surface area contributed by atoms with Crippen molar-refractivity contribution in [1.29, 1.82) is 0 Å². The smallest absolute Gasteiger partial charge is 0.254 e. The van der Waals surface area contributed by atoms with Crippen LogP contribution < -0.4 is 4.90 Å². The highest BCUT2D eigenvalue weighted by Gasteiger charge is 2.24. The molecule has 0 N–H and O–H groups in total. The number of anilines is 1. The van der Waals surface area contributed by atoms with E-state index < -0.39 is 0 Å². The van der Waals surface area contributed by atoms with Gasteiger partial charge in [0.25, 0.3) is 5.91 Å². The first kappa shape index (κ1) is 18.7. The SMILES string of the molecule is CN(C)C(=O)CC[C@@H]1CCCN(c2cc(C(=O)N3CCCC3)ccn2)C1. The third-order valence-corrected chi connectivity index (χ3v) is 5.49. The molecule has 142 valence electrons. The van der Waals surface area contributed by atoms with Crippen LogP contribution in [0.1, 0.15) is 48.9 Å². The first-order valence-corrected chi connectivity index (χ1v) is 9.75. The zero-order valence-electron chi connectivity index (χ0n) is 16.0. The molecule has 0 radical (unpaired) electrons. The fourth-order valence-corrected chi connectivity index (χ4v) is 3.89. The summed E-state index contributed by atoms with van der Waals surface area (Å²) in [5.74, 6) is 1.71. The summed E-state index contributed by atoms with van der Waals surface area (Å²) in [6, 6.07) is 3.76. The first-order chi connectivity index (χ1) is 12.5. The van der Waals surface area contributed by atoms with Crippen molar-refractivity contribution in [1.82, 2.24) is 14.8 Å². The van der Waals surface area contributed by atoms with Gasteiger partial charge in [-0.15, -0.1) is 0 Å². The van der Waals surface area contributed by atoms with E-state index in [1.807, 2.05) is 31.1 Å². The molecule has 1 aromatic heterocycles. The molecule has 3 rings (SSSR count). The summed E-state index contributed by atoms with van der Waals surface area (Å²) in [6.07, 6.45) is 7.73. The molecule has 1 atom stereocenters. The Morgan fingerprint density at radius 1 is 1.19 bits per heavy atom. The van der Waals surface area contributed by atoms with Crippen molar-refractivity contribution in [2.75, 3.05) is 45.2 Å². The summed E-state index contributed by atoms with van der Waals surface area (Å²) in [6.45, 7) is 3.60. The second-order valence-electron chi connectivity index (χ2n) is 7.68. The monoisotopic (exact) mass is 358 g/mol. The Morgan fingerprint density at radius 3 is 2.69 bits per heavy atom. The van der Waals surface area contributed by atoms with Crippen molar-refractivity contribution in [3.05, 3.63) is 23.9 Å². The van der Waals surface area contributed by atoms with Crippen LogP contribution in [0.5, 0.6) is 0 Å². The molecule has 6 nitrogen and oxygen atoms in total. The van der Waals surface area contributed by atoms with Crippen LogP contribution in [0, 0.1) is 5.92 Å². The van der Waals surface area contributed by atoms with E-state index >= 15 is 0 Å². The molecule has 6 heteroatoms. The summed E-state index contributed by atoms with van der Waals surface area (Å²) >= 11 is 0. The third kappa shape index (κ3) is 4.54. The van der Waals surface area contributed by atoms with Crippen LogP contribution in [0.4, 0.5) is 5.82 Å². The van der Waals surface area contributed by atoms with E-state index in [1.54, 1.807) is 11.1 Å². The van der Waals surface area contributed by atoms with Crippen molar-refractivity contribution in [2.24, 2.45) is 5.92 Å². The molecule has 3 heterocycles. The standard InChI is InChI=1S/C20H30N4O2/c1-22(2)19(25)8-7-16-6-5-13-24(15-16)18-14-17(9-10-21-18)20(26)23-11-3-4-12-23/h9-10,14,16H,3-8,11-13,15H2,1-2H3/t16-/m0/s1. The van der Waals surface area contributed by atoms with E-state index in [9.17, 15) is 9.59 Å². The Kier molecular flexibility index (Phi) is 6.12. The highest BCUT2D eigenvalue weighted by molar-refractivity contribution is 5.95. The van der Waals surface area contributed by atoms with Gasteiger partial charge in [-0.1, -0.05) is 0 Å². The van der Waals surface area contributed by atoms with E-state index in [0.29, 0.717) is 12.3 Å². The van der Waals surface area contributed by atoms with E-state index in [0.717, 1.165) is 69.7 Å². The molecule has 0 unspecified atom stereocenters. The van der Waals surface area contributed by atoms with E-state index in [2.05, 4.69) is 9.88 Å². The molecule has 1 aromatic rings. The Balaban J connectivity index is 1.62. The Morgan fingerprint density at radius 2 is 1.96 bits per heavy atom. The van der Waals surface area contributed by atoms with Crippen LogP contribution in [0.3, 0.4) is 0 Å². The highest BCUT2D eigenvalue weighted by atomic mass is 16.2. The summed E-state index contributed by atoms with van der Waals surface area (Å²) in [5.41, 5.74) is 0.738. The van der Waals surface area contributed by atoms with E-state index in [1.165, 1.54) is 0 Å². The lowest BCUT2D eigenvalue weighted by atomic mass is 9.93. The van der Waals surface area contributed by atoms with Crippen molar-refractivity contribution < 1.29 is 9.59 Å². The molecule has 0 saturated carbocycles. The predicted molar refractivity (Wildman–Crippen MR) is 102 cm³/mol. The highest BCUT2D eigenvalue weighted by Crippen LogP contribution is 2.26. The zero-order chi connectivity index (χ0) is 18.5. The van der Waals surface area contributed by atoms with Gasteiger partial charge < -0.3 is 14.7 Å². The molecule has 2 fully saturated rings. The molecular formula is C20H30N4O2. The molecule has 2 saturated heterocycles. The van der Waals surface area contributed by atoms with Gasteiger partial charge in [0.05, 0.1) is 0 Å². The van der Waals surface area contributed by atoms with Crippen molar-refractivity contribution in [3.63, 3.8) is 0 Å². The number of piperidine rings is 1. The number of aromatic nitrogens is 1. The summed E-state index contributed by atoms with van der Waals surface area (Å²) in [7, 11) is 3.62. The molecule has 2 aliphatic heterocycles. The first-order valence-electron chi connectivity index (χ1n) is 9.75. The number of likely N-dealkylation sites (tertiary alicyclic amines) is 1. The molecule has 0 aliphatic carbocycles. The minimum atomic E-state index is 0.122. The Hall–Kier alpha value is -2.11. The maximum absolute atomic E-state index is 12.6. The van der Waals surface area contributed by atoms with Crippen LogP contribution in [0.15, 0.2) is 18.3 Å². The lowest BCUT2D eigenvalue weighted by Crippen LogP contribution is -2.37. The fourth-order valence-electron chi connectivity index (χ4n) is 3.89. The Bertz CT molecular complexity index is 640. The molecule has 2 amide bonds. The normalized spacial score (nSPS) is 20.3. The lowest BCUT2D eigenvalue weighted by molar-refractivity contribution is -0.129. The lowest BCUT2D eigenvalue weighted by Gasteiger charge is -2.34. The van der Waals surface area contributed by atoms with Crippen molar-refractivity contribution in [3.8, 4) is 0 Å². The minimum Gasteiger partial charge on any atom is -0.356 e. The van der Waals surface area contributed by atoms with Crippen LogP contribution >= 0.6 is 0 Å². The van der Waals surface area contributed by atoms with Crippen LogP contribution in [-0.4, -0.2) is 66.9 Å². The van der Waals surface area contributed by atoms with Crippen LogP contribution in [-0.2, 0) is 4.79 Å².